The molecule has 3 heterocycles. The van der Waals surface area contributed by atoms with Gasteiger partial charge in [0.2, 0.25) is 5.95 Å². The fraction of sp³-hybridized carbons (Fsp3) is 0.150. The predicted octanol–water partition coefficient (Wildman–Crippen LogP) is 3.62. The van der Waals surface area contributed by atoms with Gasteiger partial charge in [-0.1, -0.05) is 18.2 Å². The number of anilines is 1. The first-order valence-corrected chi connectivity index (χ1v) is 8.83. The van der Waals surface area contributed by atoms with E-state index in [0.29, 0.717) is 41.3 Å². The second-order valence-corrected chi connectivity index (χ2v) is 6.45. The van der Waals surface area contributed by atoms with Crippen molar-refractivity contribution in [2.24, 2.45) is 0 Å². The van der Waals surface area contributed by atoms with Crippen LogP contribution >= 0.6 is 0 Å². The largest absolute Gasteiger partial charge is 0.493 e. The van der Waals surface area contributed by atoms with Crippen molar-refractivity contribution < 1.29 is 13.5 Å². The van der Waals surface area contributed by atoms with Crippen molar-refractivity contribution >= 4 is 11.6 Å². The summed E-state index contributed by atoms with van der Waals surface area (Å²) >= 11 is 0. The van der Waals surface area contributed by atoms with E-state index in [4.69, 9.17) is 4.74 Å². The molecule has 2 aromatic carbocycles. The standard InChI is InChI=1S/C20H15F2N5O/c21-16-4-2-1-3-12(16)15-10-24-20(27-11-25-26-19(15)27)23-9-14-13-7-8-28-18(13)6-5-17(14)22/h1-6,10-11H,7-9H2,(H,23,24). The van der Waals surface area contributed by atoms with E-state index in [1.807, 2.05) is 0 Å². The zero-order valence-corrected chi connectivity index (χ0v) is 14.7. The van der Waals surface area contributed by atoms with Crippen molar-refractivity contribution in [1.82, 2.24) is 19.6 Å². The van der Waals surface area contributed by atoms with Crippen LogP contribution in [0.4, 0.5) is 14.7 Å². The van der Waals surface area contributed by atoms with Crippen LogP contribution in [0.1, 0.15) is 11.1 Å². The Bertz CT molecular complexity index is 1190. The number of rotatable bonds is 4. The molecule has 0 spiro atoms. The van der Waals surface area contributed by atoms with Gasteiger partial charge in [-0.25, -0.2) is 13.8 Å². The Balaban J connectivity index is 1.51. The third kappa shape index (κ3) is 2.65. The van der Waals surface area contributed by atoms with Crippen molar-refractivity contribution in [1.29, 1.82) is 0 Å². The third-order valence-electron chi connectivity index (χ3n) is 4.86. The number of fused-ring (bicyclic) bond motifs is 2. The Hall–Kier alpha value is -3.55. The SMILES string of the molecule is Fc1ccccc1-c1cnc(NCc2c(F)ccc3c2CCO3)n2cnnc12. The van der Waals surface area contributed by atoms with Crippen molar-refractivity contribution in [3.05, 3.63) is 71.7 Å². The Morgan fingerprint density at radius 1 is 1.07 bits per heavy atom. The van der Waals surface area contributed by atoms with E-state index >= 15 is 0 Å². The van der Waals surface area contributed by atoms with E-state index < -0.39 is 0 Å². The highest BCUT2D eigenvalue weighted by Crippen LogP contribution is 2.31. The molecule has 2 aromatic heterocycles. The fourth-order valence-electron chi connectivity index (χ4n) is 3.49. The van der Waals surface area contributed by atoms with E-state index in [1.165, 1.54) is 18.5 Å². The van der Waals surface area contributed by atoms with Crippen LogP contribution in [0.2, 0.25) is 0 Å². The summed E-state index contributed by atoms with van der Waals surface area (Å²) in [4.78, 5) is 4.39. The molecule has 0 aliphatic carbocycles. The quantitative estimate of drug-likeness (QED) is 0.587. The highest BCUT2D eigenvalue weighted by molar-refractivity contribution is 5.77. The van der Waals surface area contributed by atoms with Crippen LogP contribution in [0.25, 0.3) is 16.8 Å². The molecule has 6 nitrogen and oxygen atoms in total. The van der Waals surface area contributed by atoms with Gasteiger partial charge in [0.25, 0.3) is 0 Å². The molecule has 0 unspecified atom stereocenters. The van der Waals surface area contributed by atoms with Crippen LogP contribution in [-0.4, -0.2) is 26.2 Å². The summed E-state index contributed by atoms with van der Waals surface area (Å²) in [5.74, 6) is 0.503. The molecule has 0 saturated carbocycles. The van der Waals surface area contributed by atoms with Gasteiger partial charge in [0.1, 0.15) is 23.7 Å². The topological polar surface area (TPSA) is 64.3 Å². The maximum Gasteiger partial charge on any atom is 0.210 e. The smallest absolute Gasteiger partial charge is 0.210 e. The van der Waals surface area contributed by atoms with Gasteiger partial charge in [-0.15, -0.1) is 10.2 Å². The third-order valence-corrected chi connectivity index (χ3v) is 4.86. The van der Waals surface area contributed by atoms with Gasteiger partial charge in [-0.3, -0.25) is 4.40 Å². The summed E-state index contributed by atoms with van der Waals surface area (Å²) in [6.07, 6.45) is 3.70. The van der Waals surface area contributed by atoms with E-state index in [-0.39, 0.29) is 18.2 Å². The van der Waals surface area contributed by atoms with Gasteiger partial charge >= 0.3 is 0 Å². The summed E-state index contributed by atoms with van der Waals surface area (Å²) in [6.45, 7) is 0.786. The minimum atomic E-state index is -0.364. The van der Waals surface area contributed by atoms with Gasteiger partial charge < -0.3 is 10.1 Å². The van der Waals surface area contributed by atoms with E-state index in [0.717, 1.165) is 11.3 Å². The second-order valence-electron chi connectivity index (χ2n) is 6.45. The Morgan fingerprint density at radius 3 is 2.86 bits per heavy atom. The van der Waals surface area contributed by atoms with Crippen LogP contribution in [0.5, 0.6) is 5.75 Å². The first kappa shape index (κ1) is 16.6. The number of nitrogens with zero attached hydrogens (tertiary/aromatic N) is 4. The van der Waals surface area contributed by atoms with E-state index in [2.05, 4.69) is 20.5 Å². The summed E-state index contributed by atoms with van der Waals surface area (Å²) in [7, 11) is 0. The van der Waals surface area contributed by atoms with Crippen molar-refractivity contribution in [3.63, 3.8) is 0 Å². The fourth-order valence-corrected chi connectivity index (χ4v) is 3.49. The second kappa shape index (κ2) is 6.56. The summed E-state index contributed by atoms with van der Waals surface area (Å²) in [5, 5.41) is 11.2. The van der Waals surface area contributed by atoms with E-state index in [1.54, 1.807) is 34.9 Å². The molecule has 0 atom stereocenters. The molecular formula is C20H15F2N5O. The lowest BCUT2D eigenvalue weighted by molar-refractivity contribution is 0.356. The molecule has 1 N–H and O–H groups in total. The molecule has 140 valence electrons. The Labute approximate surface area is 158 Å². The van der Waals surface area contributed by atoms with E-state index in [9.17, 15) is 8.78 Å². The molecule has 4 aromatic rings. The maximum absolute atomic E-state index is 14.3. The zero-order valence-electron chi connectivity index (χ0n) is 14.7. The summed E-state index contributed by atoms with van der Waals surface area (Å²) in [6, 6.07) is 9.48. The number of nitrogens with one attached hydrogen (secondary N) is 1. The molecule has 0 amide bonds. The monoisotopic (exact) mass is 379 g/mol. The first-order chi connectivity index (χ1) is 13.7. The number of aromatic nitrogens is 4. The minimum absolute atomic E-state index is 0.234. The molecule has 1 aliphatic rings. The molecule has 8 heteroatoms. The lowest BCUT2D eigenvalue weighted by Crippen LogP contribution is -2.09. The average Bonchev–Trinajstić information content (AvgIpc) is 3.37. The van der Waals surface area contributed by atoms with Gasteiger partial charge in [0.05, 0.1) is 6.61 Å². The molecule has 28 heavy (non-hydrogen) atoms. The number of hydrogen-bond acceptors (Lipinski definition) is 5. The number of hydrogen-bond donors (Lipinski definition) is 1. The average molecular weight is 379 g/mol. The molecule has 5 rings (SSSR count). The van der Waals surface area contributed by atoms with Crippen LogP contribution in [0, 0.1) is 11.6 Å². The van der Waals surface area contributed by atoms with Crippen LogP contribution in [0.3, 0.4) is 0 Å². The number of benzene rings is 2. The zero-order chi connectivity index (χ0) is 19.1. The normalized spacial score (nSPS) is 12.8. The lowest BCUT2D eigenvalue weighted by atomic mass is 10.0. The van der Waals surface area contributed by atoms with Crippen LogP contribution in [-0.2, 0) is 13.0 Å². The number of halogens is 2. The highest BCUT2D eigenvalue weighted by atomic mass is 19.1. The van der Waals surface area contributed by atoms with Crippen LogP contribution in [0.15, 0.2) is 48.9 Å². The summed E-state index contributed by atoms with van der Waals surface area (Å²) < 4.78 is 35.7. The lowest BCUT2D eigenvalue weighted by Gasteiger charge is -2.12. The highest BCUT2D eigenvalue weighted by Gasteiger charge is 2.20. The molecule has 0 fully saturated rings. The molecule has 1 aliphatic heterocycles. The minimum Gasteiger partial charge on any atom is -0.493 e. The van der Waals surface area contributed by atoms with Gasteiger partial charge in [0, 0.05) is 41.4 Å². The summed E-state index contributed by atoms with van der Waals surface area (Å²) in [5.41, 5.74) is 2.81. The van der Waals surface area contributed by atoms with Crippen molar-refractivity contribution in [2.75, 3.05) is 11.9 Å². The van der Waals surface area contributed by atoms with Crippen molar-refractivity contribution in [2.45, 2.75) is 13.0 Å². The maximum atomic E-state index is 14.3. The predicted molar refractivity (Wildman–Crippen MR) is 99.1 cm³/mol. The molecular weight excluding hydrogens is 364 g/mol. The first-order valence-electron chi connectivity index (χ1n) is 8.83. The number of ether oxygens (including phenoxy) is 1. The Morgan fingerprint density at radius 2 is 1.96 bits per heavy atom. The van der Waals surface area contributed by atoms with Crippen molar-refractivity contribution in [3.8, 4) is 16.9 Å². The molecule has 0 bridgehead atoms. The van der Waals surface area contributed by atoms with Crippen LogP contribution < -0.4 is 10.1 Å². The Kier molecular flexibility index (Phi) is 3.89. The van der Waals surface area contributed by atoms with Gasteiger partial charge in [-0.2, -0.15) is 0 Å². The van der Waals surface area contributed by atoms with Gasteiger partial charge in [0.15, 0.2) is 5.65 Å². The van der Waals surface area contributed by atoms with Gasteiger partial charge in [-0.05, 0) is 18.2 Å². The molecule has 0 radical (unpaired) electrons. The molecule has 0 saturated heterocycles.